The molecule has 3 aromatic rings. The summed E-state index contributed by atoms with van der Waals surface area (Å²) in [6, 6.07) is 2.19. The number of nitrogens with zero attached hydrogens (tertiary/aromatic N) is 5. The predicted octanol–water partition coefficient (Wildman–Crippen LogP) is 4.77. The molecule has 2 N–H and O–H groups in total. The Bertz CT molecular complexity index is 1400. The van der Waals surface area contributed by atoms with Crippen molar-refractivity contribution in [2.75, 3.05) is 25.4 Å². The first-order valence-electron chi connectivity index (χ1n) is 12.2. The molecule has 0 saturated heterocycles. The fourth-order valence-corrected chi connectivity index (χ4v) is 5.20. The van der Waals surface area contributed by atoms with Gasteiger partial charge in [0.25, 0.3) is 0 Å². The Morgan fingerprint density at radius 3 is 2.83 bits per heavy atom. The van der Waals surface area contributed by atoms with Crippen LogP contribution in [-0.2, 0) is 16.0 Å². The number of hydrogen-bond donors (Lipinski definition) is 1. The van der Waals surface area contributed by atoms with Crippen LogP contribution in [0, 0.1) is 5.92 Å². The first-order valence-corrected chi connectivity index (χ1v) is 13.0. The van der Waals surface area contributed by atoms with Crippen molar-refractivity contribution in [3.05, 3.63) is 52.0 Å². The average molecular weight is 551 g/mol. The zero-order valence-corrected chi connectivity index (χ0v) is 22.7. The second-order valence-corrected chi connectivity index (χ2v) is 11.4. The van der Waals surface area contributed by atoms with Crippen LogP contribution in [0.5, 0.6) is 0 Å². The maximum Gasteiger partial charge on any atom is 0.320 e. The maximum absolute atomic E-state index is 12.2. The van der Waals surface area contributed by atoms with E-state index in [9.17, 15) is 4.79 Å². The number of nitrogens with two attached hydrogens (primary N) is 1. The lowest BCUT2D eigenvalue weighted by Crippen LogP contribution is -2.37. The zero-order chi connectivity index (χ0) is 25.6. The summed E-state index contributed by atoms with van der Waals surface area (Å²) in [5, 5.41) is 4.52. The van der Waals surface area contributed by atoms with Crippen molar-refractivity contribution in [3.63, 3.8) is 0 Å². The molecule has 188 valence electrons. The van der Waals surface area contributed by atoms with Crippen molar-refractivity contribution >= 4 is 45.0 Å². The average Bonchev–Trinajstić information content (AvgIpc) is 3.24. The van der Waals surface area contributed by atoms with Crippen LogP contribution in [0.25, 0.3) is 28.4 Å². The van der Waals surface area contributed by atoms with E-state index in [-0.39, 0.29) is 12.5 Å². The van der Waals surface area contributed by atoms with E-state index in [1.54, 1.807) is 10.7 Å². The number of nitrogen functional groups attached to an aromatic ring is 1. The first kappa shape index (κ1) is 24.6. The summed E-state index contributed by atoms with van der Waals surface area (Å²) in [5.41, 5.74) is 12.7. The number of allylic oxidation sites excluding steroid dienone is 1. The van der Waals surface area contributed by atoms with Gasteiger partial charge in [-0.05, 0) is 78.7 Å². The molecule has 0 aromatic carbocycles. The molecule has 0 amide bonds. The van der Waals surface area contributed by atoms with E-state index in [0.717, 1.165) is 51.9 Å². The normalized spacial score (nSPS) is 18.2. The second-order valence-electron chi connectivity index (χ2n) is 10.6. The third-order valence-corrected chi connectivity index (χ3v) is 7.21. The number of carbonyl (C=O) groups excluding carboxylic acids is 1. The molecule has 4 heterocycles. The number of fused-ring (bicyclic) bond motifs is 2. The summed E-state index contributed by atoms with van der Waals surface area (Å²) in [6.45, 7) is 9.49. The van der Waals surface area contributed by atoms with Gasteiger partial charge in [-0.2, -0.15) is 9.61 Å². The molecule has 36 heavy (non-hydrogen) atoms. The highest BCUT2D eigenvalue weighted by Gasteiger charge is 2.24. The molecule has 0 spiro atoms. The van der Waals surface area contributed by atoms with Crippen LogP contribution in [-0.4, -0.2) is 55.7 Å². The van der Waals surface area contributed by atoms with E-state index < -0.39 is 5.60 Å². The summed E-state index contributed by atoms with van der Waals surface area (Å²) in [4.78, 5) is 24.0. The number of pyridine rings is 1. The van der Waals surface area contributed by atoms with Crippen molar-refractivity contribution < 1.29 is 9.53 Å². The van der Waals surface area contributed by atoms with Gasteiger partial charge >= 0.3 is 5.97 Å². The number of carbonyl (C=O) groups is 1. The number of aromatic nitrogens is 4. The minimum atomic E-state index is -0.485. The van der Waals surface area contributed by atoms with Gasteiger partial charge in [-0.15, -0.1) is 0 Å². The van der Waals surface area contributed by atoms with E-state index in [1.165, 1.54) is 5.56 Å². The highest BCUT2D eigenvalue weighted by atomic mass is 79.9. The molecule has 1 aliphatic carbocycles. The third kappa shape index (κ3) is 4.95. The highest BCUT2D eigenvalue weighted by molar-refractivity contribution is 9.10. The maximum atomic E-state index is 12.2. The van der Waals surface area contributed by atoms with Crippen LogP contribution in [0.4, 0.5) is 5.82 Å². The van der Waals surface area contributed by atoms with Crippen LogP contribution in [0.2, 0.25) is 0 Å². The Morgan fingerprint density at radius 1 is 1.31 bits per heavy atom. The highest BCUT2D eigenvalue weighted by Crippen LogP contribution is 2.35. The Balaban J connectivity index is 1.44. The predicted molar refractivity (Wildman–Crippen MR) is 145 cm³/mol. The molecule has 3 aromatic heterocycles. The van der Waals surface area contributed by atoms with Gasteiger partial charge in [0.1, 0.15) is 11.4 Å². The van der Waals surface area contributed by atoms with Gasteiger partial charge in [-0.1, -0.05) is 19.1 Å². The number of ether oxygens (including phenoxy) is 1. The number of halogens is 1. The molecule has 0 fully saturated rings. The topological polar surface area (TPSA) is 98.6 Å². The van der Waals surface area contributed by atoms with Gasteiger partial charge in [-0.25, -0.2) is 4.98 Å². The van der Waals surface area contributed by atoms with Crippen LogP contribution in [0.15, 0.2) is 35.1 Å². The van der Waals surface area contributed by atoms with Gasteiger partial charge in [0, 0.05) is 30.4 Å². The van der Waals surface area contributed by atoms with Crippen molar-refractivity contribution in [1.29, 1.82) is 0 Å². The summed E-state index contributed by atoms with van der Waals surface area (Å²) in [6.07, 6.45) is 11.8. The summed E-state index contributed by atoms with van der Waals surface area (Å²) in [5.74, 6) is 0.778. The number of rotatable bonds is 4. The Kier molecular flexibility index (Phi) is 6.46. The van der Waals surface area contributed by atoms with E-state index >= 15 is 0 Å². The molecular formula is C27H31BrN6O2. The van der Waals surface area contributed by atoms with Crippen molar-refractivity contribution in [3.8, 4) is 11.1 Å². The van der Waals surface area contributed by atoms with Gasteiger partial charge in [-0.3, -0.25) is 14.7 Å². The molecule has 9 heteroatoms. The lowest BCUT2D eigenvalue weighted by molar-refractivity contribution is -0.156. The van der Waals surface area contributed by atoms with Gasteiger partial charge < -0.3 is 10.5 Å². The molecule has 0 radical (unpaired) electrons. The lowest BCUT2D eigenvalue weighted by atomic mass is 9.92. The standard InChI is InChI=1S/C27H31BrN6O2/c1-16-5-6-21-18(11-16)12-19(13-30-21)20-14-31-34-25(29)23(28)24(32-26(20)34)17-7-9-33(10-8-17)15-22(35)36-27(2,3)4/h5-7,12-14,16H,8-11,15,29H2,1-4H3. The SMILES string of the molecule is CC1C=Cc2ncc(-c3cnn4c(N)c(Br)c(C5=CCN(CC(=O)OC(C)(C)C)CC5)nc34)cc2C1. The van der Waals surface area contributed by atoms with Crippen molar-refractivity contribution in [2.24, 2.45) is 5.92 Å². The summed E-state index contributed by atoms with van der Waals surface area (Å²) in [7, 11) is 0. The Hall–Kier alpha value is -3.04. The minimum absolute atomic E-state index is 0.211. The van der Waals surface area contributed by atoms with Gasteiger partial charge in [0.15, 0.2) is 5.65 Å². The molecule has 5 rings (SSSR count). The van der Waals surface area contributed by atoms with E-state index in [2.05, 4.69) is 62.1 Å². The van der Waals surface area contributed by atoms with Gasteiger partial charge in [0.05, 0.1) is 28.6 Å². The Labute approximate surface area is 219 Å². The van der Waals surface area contributed by atoms with E-state index in [4.69, 9.17) is 15.5 Å². The molecule has 2 aliphatic rings. The second kappa shape index (κ2) is 9.44. The quantitative estimate of drug-likeness (QED) is 0.467. The van der Waals surface area contributed by atoms with Crippen LogP contribution in [0.3, 0.4) is 0 Å². The molecule has 0 saturated carbocycles. The van der Waals surface area contributed by atoms with Crippen molar-refractivity contribution in [1.82, 2.24) is 24.5 Å². The molecule has 0 bridgehead atoms. The summed E-state index contributed by atoms with van der Waals surface area (Å²) >= 11 is 3.65. The minimum Gasteiger partial charge on any atom is -0.459 e. The smallest absolute Gasteiger partial charge is 0.320 e. The molecule has 1 aliphatic heterocycles. The zero-order valence-electron chi connectivity index (χ0n) is 21.1. The first-order chi connectivity index (χ1) is 17.1. The van der Waals surface area contributed by atoms with Crippen LogP contribution >= 0.6 is 15.9 Å². The molecule has 1 unspecified atom stereocenters. The van der Waals surface area contributed by atoms with Gasteiger partial charge in [0.2, 0.25) is 0 Å². The monoisotopic (exact) mass is 550 g/mol. The number of hydrogen-bond acceptors (Lipinski definition) is 7. The third-order valence-electron chi connectivity index (χ3n) is 6.43. The fraction of sp³-hybridized carbons (Fsp3) is 0.407. The van der Waals surface area contributed by atoms with Crippen molar-refractivity contribution in [2.45, 2.75) is 46.1 Å². The summed E-state index contributed by atoms with van der Waals surface area (Å²) < 4.78 is 7.86. The molecular weight excluding hydrogens is 520 g/mol. The largest absolute Gasteiger partial charge is 0.459 e. The van der Waals surface area contributed by atoms with E-state index in [1.807, 2.05) is 27.0 Å². The fourth-order valence-electron chi connectivity index (χ4n) is 4.69. The molecule has 8 nitrogen and oxygen atoms in total. The lowest BCUT2D eigenvalue weighted by Gasteiger charge is -2.27. The van der Waals surface area contributed by atoms with Crippen LogP contribution < -0.4 is 5.73 Å². The van der Waals surface area contributed by atoms with Crippen LogP contribution in [0.1, 0.15) is 51.1 Å². The number of esters is 1. The van der Waals surface area contributed by atoms with E-state index in [0.29, 0.717) is 23.9 Å². The Morgan fingerprint density at radius 2 is 2.11 bits per heavy atom. The molecule has 1 atom stereocenters. The number of anilines is 1.